The lowest BCUT2D eigenvalue weighted by atomic mass is 9.85. The summed E-state index contributed by atoms with van der Waals surface area (Å²) in [6.45, 7) is 4.77. The molecule has 0 aromatic carbocycles. The maximum Gasteiger partial charge on any atom is 0.230 e. The topological polar surface area (TPSA) is 70.9 Å². The van der Waals surface area contributed by atoms with Crippen molar-refractivity contribution in [2.24, 2.45) is 5.73 Å². The van der Waals surface area contributed by atoms with Crippen LogP contribution in [0.3, 0.4) is 0 Å². The van der Waals surface area contributed by atoms with Crippen LogP contribution in [0.2, 0.25) is 0 Å². The molecule has 0 aliphatic carbocycles. The molecule has 1 amide bonds. The van der Waals surface area contributed by atoms with Crippen molar-refractivity contribution in [3.8, 4) is 0 Å². The van der Waals surface area contributed by atoms with Crippen LogP contribution in [0.25, 0.3) is 0 Å². The average molecular weight is 195 g/mol. The second-order valence-electron chi connectivity index (χ2n) is 3.77. The Kier molecular flexibility index (Phi) is 3.30. The highest BCUT2D eigenvalue weighted by Crippen LogP contribution is 2.22. The van der Waals surface area contributed by atoms with E-state index in [4.69, 9.17) is 5.73 Å². The summed E-state index contributed by atoms with van der Waals surface area (Å²) in [5.74, 6) is 0.00236. The first-order valence-electron chi connectivity index (χ1n) is 4.70. The van der Waals surface area contributed by atoms with Gasteiger partial charge in [-0.15, -0.1) is 0 Å². The average Bonchev–Trinajstić information content (AvgIpc) is 2.67. The fourth-order valence-electron chi connectivity index (χ4n) is 1.25. The molecule has 1 rings (SSSR count). The molecule has 0 radical (unpaired) electrons. The third kappa shape index (κ3) is 2.14. The summed E-state index contributed by atoms with van der Waals surface area (Å²) < 4.78 is 0. The minimum atomic E-state index is -0.505. The monoisotopic (exact) mass is 195 g/mol. The molecule has 4 nitrogen and oxygen atoms in total. The number of hydrogen-bond acceptors (Lipinski definition) is 2. The zero-order valence-corrected chi connectivity index (χ0v) is 8.63. The van der Waals surface area contributed by atoms with Crippen LogP contribution in [0.1, 0.15) is 19.4 Å². The van der Waals surface area contributed by atoms with Crippen molar-refractivity contribution in [3.63, 3.8) is 0 Å². The summed E-state index contributed by atoms with van der Waals surface area (Å²) in [6.07, 6.45) is 3.65. The number of nitrogens with two attached hydrogens (primary N) is 1. The van der Waals surface area contributed by atoms with Crippen molar-refractivity contribution in [1.82, 2.24) is 10.3 Å². The van der Waals surface area contributed by atoms with E-state index in [0.717, 1.165) is 5.56 Å². The minimum Gasteiger partial charge on any atom is -0.367 e. The Hall–Kier alpha value is -1.29. The number of hydrogen-bond donors (Lipinski definition) is 3. The molecule has 0 spiro atoms. The van der Waals surface area contributed by atoms with Gasteiger partial charge in [-0.2, -0.15) is 0 Å². The number of nitrogens with one attached hydrogen (secondary N) is 2. The van der Waals surface area contributed by atoms with Crippen LogP contribution in [0.15, 0.2) is 18.5 Å². The number of aromatic amines is 1. The van der Waals surface area contributed by atoms with E-state index in [1.165, 1.54) is 0 Å². The number of H-pyrrole nitrogens is 1. The van der Waals surface area contributed by atoms with Crippen molar-refractivity contribution >= 4 is 5.91 Å². The standard InChI is InChI=1S/C10H17N3O/c1-10(2,8-3-5-12-7-8)9(14)13-6-4-11/h3,5,7,12H,4,6,11H2,1-2H3,(H,13,14). The van der Waals surface area contributed by atoms with E-state index in [9.17, 15) is 4.79 Å². The van der Waals surface area contributed by atoms with Crippen LogP contribution in [-0.2, 0) is 10.2 Å². The second-order valence-corrected chi connectivity index (χ2v) is 3.77. The number of aromatic nitrogens is 1. The highest BCUT2D eigenvalue weighted by molar-refractivity contribution is 5.87. The maximum absolute atomic E-state index is 11.7. The Bertz CT molecular complexity index is 290. The zero-order valence-electron chi connectivity index (χ0n) is 8.63. The molecule has 0 saturated heterocycles. The van der Waals surface area contributed by atoms with Crippen molar-refractivity contribution < 1.29 is 4.79 Å². The normalized spacial score (nSPS) is 11.4. The van der Waals surface area contributed by atoms with Crippen LogP contribution < -0.4 is 11.1 Å². The van der Waals surface area contributed by atoms with Crippen LogP contribution in [0.5, 0.6) is 0 Å². The minimum absolute atomic E-state index is 0.00236. The summed E-state index contributed by atoms with van der Waals surface area (Å²) >= 11 is 0. The Morgan fingerprint density at radius 2 is 2.36 bits per heavy atom. The van der Waals surface area contributed by atoms with Gasteiger partial charge in [0, 0.05) is 25.5 Å². The van der Waals surface area contributed by atoms with Crippen LogP contribution in [0, 0.1) is 0 Å². The Labute approximate surface area is 83.9 Å². The van der Waals surface area contributed by atoms with E-state index in [-0.39, 0.29) is 5.91 Å². The second kappa shape index (κ2) is 4.28. The van der Waals surface area contributed by atoms with Gasteiger partial charge in [0.15, 0.2) is 0 Å². The molecule has 0 atom stereocenters. The zero-order chi connectivity index (χ0) is 10.6. The molecular weight excluding hydrogens is 178 g/mol. The molecule has 4 N–H and O–H groups in total. The first kappa shape index (κ1) is 10.8. The Morgan fingerprint density at radius 1 is 1.64 bits per heavy atom. The molecule has 1 aromatic heterocycles. The van der Waals surface area contributed by atoms with Gasteiger partial charge in [0.1, 0.15) is 0 Å². The molecule has 0 aliphatic heterocycles. The predicted molar refractivity (Wildman–Crippen MR) is 55.9 cm³/mol. The summed E-state index contributed by atoms with van der Waals surface area (Å²) in [4.78, 5) is 14.7. The van der Waals surface area contributed by atoms with Crippen LogP contribution in [-0.4, -0.2) is 24.0 Å². The van der Waals surface area contributed by atoms with Gasteiger partial charge in [-0.05, 0) is 25.5 Å². The molecule has 1 aromatic rings. The third-order valence-corrected chi connectivity index (χ3v) is 2.32. The molecule has 0 bridgehead atoms. The number of carbonyl (C=O) groups is 1. The van der Waals surface area contributed by atoms with Gasteiger partial charge in [0.2, 0.25) is 5.91 Å². The number of amides is 1. The van der Waals surface area contributed by atoms with Gasteiger partial charge in [-0.25, -0.2) is 0 Å². The van der Waals surface area contributed by atoms with Gasteiger partial charge in [-0.3, -0.25) is 4.79 Å². The van der Waals surface area contributed by atoms with Crippen molar-refractivity contribution in [3.05, 3.63) is 24.0 Å². The third-order valence-electron chi connectivity index (χ3n) is 2.32. The molecule has 0 aliphatic rings. The van der Waals surface area contributed by atoms with Crippen molar-refractivity contribution in [1.29, 1.82) is 0 Å². The van der Waals surface area contributed by atoms with E-state index >= 15 is 0 Å². The molecule has 0 fully saturated rings. The van der Waals surface area contributed by atoms with Crippen molar-refractivity contribution in [2.75, 3.05) is 13.1 Å². The van der Waals surface area contributed by atoms with Gasteiger partial charge < -0.3 is 16.0 Å². The molecule has 1 heterocycles. The lowest BCUT2D eigenvalue weighted by molar-refractivity contribution is -0.125. The smallest absolute Gasteiger partial charge is 0.230 e. The van der Waals surface area contributed by atoms with Crippen LogP contribution >= 0.6 is 0 Å². The highest BCUT2D eigenvalue weighted by atomic mass is 16.2. The van der Waals surface area contributed by atoms with Crippen LogP contribution in [0.4, 0.5) is 0 Å². The summed E-state index contributed by atoms with van der Waals surface area (Å²) in [5, 5.41) is 2.78. The highest BCUT2D eigenvalue weighted by Gasteiger charge is 2.29. The van der Waals surface area contributed by atoms with Crippen molar-refractivity contribution in [2.45, 2.75) is 19.3 Å². The fraction of sp³-hybridized carbons (Fsp3) is 0.500. The van der Waals surface area contributed by atoms with E-state index in [0.29, 0.717) is 13.1 Å². The maximum atomic E-state index is 11.7. The quantitative estimate of drug-likeness (QED) is 0.649. The number of carbonyl (C=O) groups excluding carboxylic acids is 1. The number of rotatable bonds is 4. The van der Waals surface area contributed by atoms with Gasteiger partial charge in [0.05, 0.1) is 5.41 Å². The van der Waals surface area contributed by atoms with Gasteiger partial charge in [0.25, 0.3) is 0 Å². The summed E-state index contributed by atoms with van der Waals surface area (Å²) in [6, 6.07) is 1.90. The first-order chi connectivity index (χ1) is 6.59. The van der Waals surface area contributed by atoms with E-state index < -0.39 is 5.41 Å². The van der Waals surface area contributed by atoms with E-state index in [2.05, 4.69) is 10.3 Å². The largest absolute Gasteiger partial charge is 0.367 e. The Balaban J connectivity index is 2.70. The predicted octanol–water partition coefficient (Wildman–Crippen LogP) is 0.367. The summed E-state index contributed by atoms with van der Waals surface area (Å²) in [5.41, 5.74) is 5.79. The molecule has 78 valence electrons. The molecule has 0 saturated carbocycles. The van der Waals surface area contributed by atoms with Gasteiger partial charge >= 0.3 is 0 Å². The van der Waals surface area contributed by atoms with E-state index in [1.807, 2.05) is 32.3 Å². The summed E-state index contributed by atoms with van der Waals surface area (Å²) in [7, 11) is 0. The molecule has 14 heavy (non-hydrogen) atoms. The lowest BCUT2D eigenvalue weighted by Crippen LogP contribution is -2.41. The Morgan fingerprint density at radius 3 is 2.86 bits per heavy atom. The van der Waals surface area contributed by atoms with Gasteiger partial charge in [-0.1, -0.05) is 0 Å². The first-order valence-corrected chi connectivity index (χ1v) is 4.70. The lowest BCUT2D eigenvalue weighted by Gasteiger charge is -2.22. The molecule has 0 unspecified atom stereocenters. The fourth-order valence-corrected chi connectivity index (χ4v) is 1.25. The SMILES string of the molecule is CC(C)(C(=O)NCCN)c1cc[nH]c1. The molecule has 4 heteroatoms. The van der Waals surface area contributed by atoms with E-state index in [1.54, 1.807) is 0 Å². The molecular formula is C10H17N3O.